The summed E-state index contributed by atoms with van der Waals surface area (Å²) in [6.07, 6.45) is 3.90. The average molecular weight is 390 g/mol. The van der Waals surface area contributed by atoms with Crippen LogP contribution in [0.4, 0.5) is 0 Å². The first kappa shape index (κ1) is 19.5. The van der Waals surface area contributed by atoms with Crippen molar-refractivity contribution in [2.45, 2.75) is 18.9 Å². The molecule has 0 radical (unpaired) electrons. The van der Waals surface area contributed by atoms with Gasteiger partial charge in [-0.1, -0.05) is 6.07 Å². The molecule has 27 heavy (non-hydrogen) atoms. The predicted molar refractivity (Wildman–Crippen MR) is 104 cm³/mol. The van der Waals surface area contributed by atoms with Crippen LogP contribution in [0.5, 0.6) is 17.4 Å². The number of nitrogens with zero attached hydrogens (tertiary/aromatic N) is 2. The zero-order valence-electron chi connectivity index (χ0n) is 15.0. The minimum absolute atomic E-state index is 0. The van der Waals surface area contributed by atoms with Crippen LogP contribution in [0, 0.1) is 11.8 Å². The van der Waals surface area contributed by atoms with E-state index in [9.17, 15) is 4.79 Å². The van der Waals surface area contributed by atoms with E-state index in [1.54, 1.807) is 36.5 Å². The monoisotopic (exact) mass is 389 g/mol. The molecule has 144 valence electrons. The van der Waals surface area contributed by atoms with Crippen LogP contribution >= 0.6 is 12.4 Å². The third-order valence-electron chi connectivity index (χ3n) is 5.31. The third-order valence-corrected chi connectivity index (χ3v) is 5.31. The summed E-state index contributed by atoms with van der Waals surface area (Å²) in [7, 11) is 0. The highest BCUT2D eigenvalue weighted by atomic mass is 35.5. The first-order chi connectivity index (χ1) is 12.7. The van der Waals surface area contributed by atoms with Crippen molar-refractivity contribution in [3.8, 4) is 17.4 Å². The van der Waals surface area contributed by atoms with Crippen LogP contribution in [0.25, 0.3) is 0 Å². The van der Waals surface area contributed by atoms with Crippen LogP contribution in [0.15, 0.2) is 48.7 Å². The van der Waals surface area contributed by atoms with E-state index in [2.05, 4.69) is 4.98 Å². The summed E-state index contributed by atoms with van der Waals surface area (Å²) in [5.74, 6) is 2.90. The molecule has 0 bridgehead atoms. The Balaban J connectivity index is 0.00000210. The molecule has 1 aliphatic heterocycles. The van der Waals surface area contributed by atoms with Gasteiger partial charge in [-0.2, -0.15) is 0 Å². The molecule has 0 spiro atoms. The van der Waals surface area contributed by atoms with Crippen LogP contribution in [0.1, 0.15) is 12.8 Å². The Morgan fingerprint density at radius 3 is 2.59 bits per heavy atom. The number of carbonyl (C=O) groups excluding carboxylic acids is 1. The van der Waals surface area contributed by atoms with Gasteiger partial charge in [0.05, 0.1) is 0 Å². The molecule has 6 nitrogen and oxygen atoms in total. The minimum atomic E-state index is 0. The summed E-state index contributed by atoms with van der Waals surface area (Å²) >= 11 is 0. The molecule has 1 saturated carbocycles. The number of likely N-dealkylation sites (tertiary alicyclic amines) is 1. The second kappa shape index (κ2) is 8.59. The van der Waals surface area contributed by atoms with E-state index >= 15 is 0 Å². The largest absolute Gasteiger partial charge is 0.484 e. The highest BCUT2D eigenvalue weighted by Crippen LogP contribution is 2.37. The summed E-state index contributed by atoms with van der Waals surface area (Å²) in [5, 5.41) is 0. The van der Waals surface area contributed by atoms with Crippen molar-refractivity contribution in [1.29, 1.82) is 0 Å². The summed E-state index contributed by atoms with van der Waals surface area (Å²) in [6, 6.07) is 12.9. The normalized spacial score (nSPS) is 23.4. The standard InChI is InChI=1S/C20H23N3O3.ClH/c21-18-9-4-14-11-23(12-17(14)18)20(24)13-25-15-5-7-16(8-6-15)26-19-3-1-2-10-22-19;/h1-3,5-8,10,14,17-18H,4,9,11-13,21H2;1H. The molecule has 4 rings (SSSR count). The van der Waals surface area contributed by atoms with Crippen molar-refractivity contribution in [1.82, 2.24) is 9.88 Å². The van der Waals surface area contributed by atoms with Crippen molar-refractivity contribution in [3.05, 3.63) is 48.7 Å². The Kier molecular flexibility index (Phi) is 6.19. The van der Waals surface area contributed by atoms with E-state index < -0.39 is 0 Å². The summed E-state index contributed by atoms with van der Waals surface area (Å²) in [5.41, 5.74) is 6.13. The molecular formula is C20H24ClN3O3. The maximum absolute atomic E-state index is 12.4. The lowest BCUT2D eigenvalue weighted by Gasteiger charge is -2.19. The number of aromatic nitrogens is 1. The van der Waals surface area contributed by atoms with Crippen LogP contribution in [-0.4, -0.2) is 41.5 Å². The van der Waals surface area contributed by atoms with Gasteiger partial charge in [-0.05, 0) is 55.0 Å². The smallest absolute Gasteiger partial charge is 0.260 e. The van der Waals surface area contributed by atoms with Crippen molar-refractivity contribution < 1.29 is 14.3 Å². The van der Waals surface area contributed by atoms with Gasteiger partial charge in [-0.25, -0.2) is 4.98 Å². The second-order valence-electron chi connectivity index (χ2n) is 6.99. The van der Waals surface area contributed by atoms with Gasteiger partial charge < -0.3 is 20.1 Å². The second-order valence-corrected chi connectivity index (χ2v) is 6.99. The number of halogens is 1. The summed E-state index contributed by atoms with van der Waals surface area (Å²) in [4.78, 5) is 18.4. The number of rotatable bonds is 5. The van der Waals surface area contributed by atoms with Crippen molar-refractivity contribution in [2.24, 2.45) is 17.6 Å². The number of amides is 1. The Hall–Kier alpha value is -2.31. The van der Waals surface area contributed by atoms with E-state index in [1.807, 2.05) is 17.0 Å². The van der Waals surface area contributed by atoms with E-state index in [0.717, 1.165) is 25.9 Å². The lowest BCUT2D eigenvalue weighted by atomic mass is 9.98. The molecule has 2 aliphatic rings. The molecule has 1 saturated heterocycles. The molecule has 1 aliphatic carbocycles. The Labute approximate surface area is 165 Å². The Bertz CT molecular complexity index is 757. The van der Waals surface area contributed by atoms with Crippen molar-refractivity contribution >= 4 is 18.3 Å². The topological polar surface area (TPSA) is 77.7 Å². The molecule has 2 N–H and O–H groups in total. The number of nitrogens with two attached hydrogens (primary N) is 1. The van der Waals surface area contributed by atoms with Crippen LogP contribution in [0.3, 0.4) is 0 Å². The Morgan fingerprint density at radius 1 is 1.11 bits per heavy atom. The zero-order valence-corrected chi connectivity index (χ0v) is 15.8. The SMILES string of the molecule is Cl.NC1CCC2CN(C(=O)COc3ccc(Oc4ccccn4)cc3)CC12. The van der Waals surface area contributed by atoms with Gasteiger partial charge in [0.25, 0.3) is 5.91 Å². The van der Waals surface area contributed by atoms with Crippen LogP contribution in [-0.2, 0) is 4.79 Å². The highest BCUT2D eigenvalue weighted by molar-refractivity contribution is 5.85. The summed E-state index contributed by atoms with van der Waals surface area (Å²) in [6.45, 7) is 1.64. The number of ether oxygens (including phenoxy) is 2. The van der Waals surface area contributed by atoms with Crippen LogP contribution < -0.4 is 15.2 Å². The molecule has 2 fully saturated rings. The first-order valence-corrected chi connectivity index (χ1v) is 9.04. The van der Waals surface area contributed by atoms with Gasteiger partial charge in [0.2, 0.25) is 5.88 Å². The van der Waals surface area contributed by atoms with Crippen LogP contribution in [0.2, 0.25) is 0 Å². The molecule has 1 amide bonds. The van der Waals surface area contributed by atoms with Gasteiger partial charge in [0, 0.05) is 31.4 Å². The quantitative estimate of drug-likeness (QED) is 0.850. The van der Waals surface area contributed by atoms with Gasteiger partial charge >= 0.3 is 0 Å². The van der Waals surface area contributed by atoms with Crippen molar-refractivity contribution in [3.63, 3.8) is 0 Å². The predicted octanol–water partition coefficient (Wildman–Crippen LogP) is 2.87. The molecule has 2 aromatic rings. The molecule has 3 unspecified atom stereocenters. The fourth-order valence-electron chi connectivity index (χ4n) is 3.88. The van der Waals surface area contributed by atoms with Gasteiger partial charge in [-0.3, -0.25) is 4.79 Å². The number of carbonyl (C=O) groups is 1. The Morgan fingerprint density at radius 2 is 1.89 bits per heavy atom. The molecule has 7 heteroatoms. The molecule has 3 atom stereocenters. The number of hydrogen-bond acceptors (Lipinski definition) is 5. The average Bonchev–Trinajstić information content (AvgIpc) is 3.24. The number of hydrogen-bond donors (Lipinski definition) is 1. The minimum Gasteiger partial charge on any atom is -0.484 e. The maximum Gasteiger partial charge on any atom is 0.260 e. The lowest BCUT2D eigenvalue weighted by molar-refractivity contribution is -0.132. The molecular weight excluding hydrogens is 366 g/mol. The lowest BCUT2D eigenvalue weighted by Crippen LogP contribution is -2.36. The maximum atomic E-state index is 12.4. The van der Waals surface area contributed by atoms with Gasteiger partial charge in [0.15, 0.2) is 6.61 Å². The zero-order chi connectivity index (χ0) is 17.9. The van der Waals surface area contributed by atoms with Gasteiger partial charge in [0.1, 0.15) is 11.5 Å². The highest BCUT2D eigenvalue weighted by Gasteiger charge is 2.42. The molecule has 1 aromatic carbocycles. The number of benzene rings is 1. The van der Waals surface area contributed by atoms with Crippen molar-refractivity contribution in [2.75, 3.05) is 19.7 Å². The summed E-state index contributed by atoms with van der Waals surface area (Å²) < 4.78 is 11.3. The van der Waals surface area contributed by atoms with E-state index in [4.69, 9.17) is 15.2 Å². The third kappa shape index (κ3) is 4.51. The molecule has 1 aromatic heterocycles. The van der Waals surface area contributed by atoms with Gasteiger partial charge in [-0.15, -0.1) is 12.4 Å². The number of fused-ring (bicyclic) bond motifs is 1. The van der Waals surface area contributed by atoms with E-state index in [-0.39, 0.29) is 31.0 Å². The fourth-order valence-corrected chi connectivity index (χ4v) is 3.88. The fraction of sp³-hybridized carbons (Fsp3) is 0.400. The van der Waals surface area contributed by atoms with E-state index in [1.165, 1.54) is 0 Å². The molecule has 2 heterocycles. The number of pyridine rings is 1. The van der Waals surface area contributed by atoms with E-state index in [0.29, 0.717) is 29.2 Å². The first-order valence-electron chi connectivity index (χ1n) is 9.04.